The Balaban J connectivity index is 2.09. The smallest absolute Gasteiger partial charge is 0.335 e. The number of nitrogens with one attached hydrogen (secondary N) is 1. The Morgan fingerprint density at radius 2 is 1.86 bits per heavy atom. The first-order valence-corrected chi connectivity index (χ1v) is 6.78. The van der Waals surface area contributed by atoms with Crippen LogP contribution < -0.4 is 5.32 Å². The largest absolute Gasteiger partial charge is 0.478 e. The molecule has 0 saturated carbocycles. The average molecular weight is 324 g/mol. The van der Waals surface area contributed by atoms with Crippen molar-refractivity contribution in [2.24, 2.45) is 0 Å². The summed E-state index contributed by atoms with van der Waals surface area (Å²) >= 11 is 11.8. The second-order valence-electron chi connectivity index (χ2n) is 4.31. The van der Waals surface area contributed by atoms with Gasteiger partial charge >= 0.3 is 5.97 Å². The molecule has 0 saturated heterocycles. The molecule has 0 aliphatic carbocycles. The fourth-order valence-electron chi connectivity index (χ4n) is 1.76. The van der Waals surface area contributed by atoms with Crippen molar-refractivity contribution >= 4 is 35.1 Å². The minimum absolute atomic E-state index is 0.169. The third-order valence-corrected chi connectivity index (χ3v) is 3.36. The van der Waals surface area contributed by atoms with E-state index in [1.54, 1.807) is 24.3 Å². The van der Waals surface area contributed by atoms with Gasteiger partial charge in [0.15, 0.2) is 0 Å². The maximum atomic E-state index is 12.0. The van der Waals surface area contributed by atoms with Crippen LogP contribution in [0.25, 0.3) is 0 Å². The fraction of sp³-hybridized carbons (Fsp3) is 0.0667. The Hall–Kier alpha value is -2.04. The summed E-state index contributed by atoms with van der Waals surface area (Å²) in [7, 11) is 0. The van der Waals surface area contributed by atoms with E-state index in [0.29, 0.717) is 15.6 Å². The van der Waals surface area contributed by atoms with Gasteiger partial charge in [-0.1, -0.05) is 35.3 Å². The lowest BCUT2D eigenvalue weighted by Crippen LogP contribution is -2.23. The highest BCUT2D eigenvalue weighted by Crippen LogP contribution is 2.20. The monoisotopic (exact) mass is 323 g/mol. The highest BCUT2D eigenvalue weighted by Gasteiger charge is 2.11. The van der Waals surface area contributed by atoms with Gasteiger partial charge in [0, 0.05) is 11.6 Å². The van der Waals surface area contributed by atoms with Gasteiger partial charge in [-0.25, -0.2) is 4.79 Å². The second kappa shape index (κ2) is 6.61. The number of amides is 1. The highest BCUT2D eigenvalue weighted by atomic mass is 35.5. The summed E-state index contributed by atoms with van der Waals surface area (Å²) in [6.45, 7) is 0.197. The standard InChI is InChI=1S/C15H11Cl2NO3/c16-11-4-5-13(17)12(7-11)14(19)18-8-9-2-1-3-10(6-9)15(20)21/h1-7H,8H2,(H,18,19)(H,20,21). The molecule has 2 rings (SSSR count). The molecule has 4 nitrogen and oxygen atoms in total. The number of hydrogen-bond donors (Lipinski definition) is 2. The molecule has 0 spiro atoms. The second-order valence-corrected chi connectivity index (χ2v) is 5.16. The lowest BCUT2D eigenvalue weighted by molar-refractivity contribution is 0.0696. The van der Waals surface area contributed by atoms with Gasteiger partial charge < -0.3 is 10.4 Å². The van der Waals surface area contributed by atoms with Crippen LogP contribution in [0.4, 0.5) is 0 Å². The van der Waals surface area contributed by atoms with Gasteiger partial charge in [-0.05, 0) is 35.9 Å². The molecule has 2 aromatic rings. The highest BCUT2D eigenvalue weighted by molar-refractivity contribution is 6.35. The molecule has 108 valence electrons. The number of carbonyl (C=O) groups is 2. The number of benzene rings is 2. The molecule has 21 heavy (non-hydrogen) atoms. The first kappa shape index (κ1) is 15.4. The Bertz CT molecular complexity index is 701. The SMILES string of the molecule is O=C(O)c1cccc(CNC(=O)c2cc(Cl)ccc2Cl)c1. The van der Waals surface area contributed by atoms with Gasteiger partial charge in [0.05, 0.1) is 16.1 Å². The van der Waals surface area contributed by atoms with E-state index in [1.807, 2.05) is 0 Å². The molecule has 2 N–H and O–H groups in total. The van der Waals surface area contributed by atoms with Gasteiger partial charge in [0.1, 0.15) is 0 Å². The molecule has 0 atom stereocenters. The third-order valence-electron chi connectivity index (χ3n) is 2.80. The molecule has 0 aliphatic heterocycles. The van der Waals surface area contributed by atoms with Crippen LogP contribution in [0.3, 0.4) is 0 Å². The molecule has 0 bridgehead atoms. The first-order valence-electron chi connectivity index (χ1n) is 6.03. The number of rotatable bonds is 4. The van der Waals surface area contributed by atoms with E-state index in [-0.39, 0.29) is 23.6 Å². The van der Waals surface area contributed by atoms with Gasteiger partial charge in [-0.2, -0.15) is 0 Å². The zero-order chi connectivity index (χ0) is 15.4. The minimum Gasteiger partial charge on any atom is -0.478 e. The van der Waals surface area contributed by atoms with Crippen molar-refractivity contribution < 1.29 is 14.7 Å². The van der Waals surface area contributed by atoms with Crippen LogP contribution in [0.2, 0.25) is 10.0 Å². The van der Waals surface area contributed by atoms with Crippen LogP contribution in [0.5, 0.6) is 0 Å². The molecular formula is C15H11Cl2NO3. The minimum atomic E-state index is -1.01. The quantitative estimate of drug-likeness (QED) is 0.903. The van der Waals surface area contributed by atoms with E-state index < -0.39 is 5.97 Å². The summed E-state index contributed by atoms with van der Waals surface area (Å²) in [6.07, 6.45) is 0. The van der Waals surface area contributed by atoms with E-state index in [4.69, 9.17) is 28.3 Å². The Kier molecular flexibility index (Phi) is 4.83. The topological polar surface area (TPSA) is 66.4 Å². The van der Waals surface area contributed by atoms with Crippen LogP contribution in [0.1, 0.15) is 26.3 Å². The molecule has 2 aromatic carbocycles. The molecule has 0 fully saturated rings. The Morgan fingerprint density at radius 1 is 1.10 bits per heavy atom. The number of carbonyl (C=O) groups excluding carboxylic acids is 1. The lowest BCUT2D eigenvalue weighted by atomic mass is 10.1. The van der Waals surface area contributed by atoms with E-state index >= 15 is 0 Å². The van der Waals surface area contributed by atoms with E-state index in [2.05, 4.69) is 5.32 Å². The zero-order valence-electron chi connectivity index (χ0n) is 10.8. The van der Waals surface area contributed by atoms with E-state index in [0.717, 1.165) is 0 Å². The molecule has 6 heteroatoms. The van der Waals surface area contributed by atoms with Crippen molar-refractivity contribution in [1.82, 2.24) is 5.32 Å². The third kappa shape index (κ3) is 3.97. The first-order chi connectivity index (χ1) is 9.97. The van der Waals surface area contributed by atoms with Crippen LogP contribution in [-0.2, 0) is 6.54 Å². The summed E-state index contributed by atoms with van der Waals surface area (Å²) in [5.74, 6) is -1.38. The summed E-state index contributed by atoms with van der Waals surface area (Å²) in [6, 6.07) is 11.0. The van der Waals surface area contributed by atoms with Crippen molar-refractivity contribution in [2.45, 2.75) is 6.54 Å². The van der Waals surface area contributed by atoms with E-state index in [1.165, 1.54) is 18.2 Å². The summed E-state index contributed by atoms with van der Waals surface area (Å²) in [5.41, 5.74) is 1.13. The normalized spacial score (nSPS) is 10.2. The van der Waals surface area contributed by atoms with Gasteiger partial charge in [-0.3, -0.25) is 4.79 Å². The van der Waals surface area contributed by atoms with Crippen molar-refractivity contribution in [3.63, 3.8) is 0 Å². The van der Waals surface area contributed by atoms with Crippen molar-refractivity contribution in [1.29, 1.82) is 0 Å². The van der Waals surface area contributed by atoms with Gasteiger partial charge in [0.25, 0.3) is 5.91 Å². The summed E-state index contributed by atoms with van der Waals surface area (Å²) in [5, 5.41) is 12.3. The van der Waals surface area contributed by atoms with Crippen molar-refractivity contribution in [3.8, 4) is 0 Å². The van der Waals surface area contributed by atoms with Crippen LogP contribution in [0.15, 0.2) is 42.5 Å². The molecule has 0 radical (unpaired) electrons. The molecule has 1 amide bonds. The van der Waals surface area contributed by atoms with E-state index in [9.17, 15) is 9.59 Å². The molecular weight excluding hydrogens is 313 g/mol. The van der Waals surface area contributed by atoms with Crippen LogP contribution >= 0.6 is 23.2 Å². The molecule has 0 aliphatic rings. The fourth-order valence-corrected chi connectivity index (χ4v) is 2.14. The average Bonchev–Trinajstić information content (AvgIpc) is 2.47. The van der Waals surface area contributed by atoms with Crippen LogP contribution in [-0.4, -0.2) is 17.0 Å². The molecule has 0 heterocycles. The predicted molar refractivity (Wildman–Crippen MR) is 81.0 cm³/mol. The summed E-state index contributed by atoms with van der Waals surface area (Å²) in [4.78, 5) is 22.9. The van der Waals surface area contributed by atoms with Gasteiger partial charge in [-0.15, -0.1) is 0 Å². The number of carboxylic acids is 1. The maximum absolute atomic E-state index is 12.0. The number of hydrogen-bond acceptors (Lipinski definition) is 2. The van der Waals surface area contributed by atoms with Crippen LogP contribution in [0, 0.1) is 0 Å². The number of halogens is 2. The Labute approximate surface area is 131 Å². The maximum Gasteiger partial charge on any atom is 0.335 e. The Morgan fingerprint density at radius 3 is 2.57 bits per heavy atom. The molecule has 0 unspecified atom stereocenters. The van der Waals surface area contributed by atoms with Gasteiger partial charge in [0.2, 0.25) is 0 Å². The summed E-state index contributed by atoms with van der Waals surface area (Å²) < 4.78 is 0. The predicted octanol–water partition coefficient (Wildman–Crippen LogP) is 3.62. The molecule has 0 aromatic heterocycles. The lowest BCUT2D eigenvalue weighted by Gasteiger charge is -2.08. The number of aromatic carboxylic acids is 1. The van der Waals surface area contributed by atoms with Crippen molar-refractivity contribution in [3.05, 3.63) is 69.2 Å². The van der Waals surface area contributed by atoms with Crippen molar-refractivity contribution in [2.75, 3.05) is 0 Å². The number of carboxylic acid groups (broad SMARTS) is 1. The zero-order valence-corrected chi connectivity index (χ0v) is 12.3.